The molecule has 1 rings (SSSR count). The molecular formula is C14H19F2NO4. The minimum atomic E-state index is -2.97. The summed E-state index contributed by atoms with van der Waals surface area (Å²) in [6.45, 7) is -1.24. The summed E-state index contributed by atoms with van der Waals surface area (Å²) in [6.07, 6.45) is 0.0502. The molecule has 2 unspecified atom stereocenters. The van der Waals surface area contributed by atoms with Crippen molar-refractivity contribution in [1.29, 1.82) is 0 Å². The number of methoxy groups -OCH3 is 2. The minimum absolute atomic E-state index is 0.0502. The number of carbonyl (C=O) groups is 1. The zero-order valence-electron chi connectivity index (χ0n) is 12.1. The number of hydrogen-bond donors (Lipinski definition) is 1. The van der Waals surface area contributed by atoms with Gasteiger partial charge < -0.3 is 19.9 Å². The van der Waals surface area contributed by atoms with Crippen molar-refractivity contribution >= 4 is 5.97 Å². The van der Waals surface area contributed by atoms with E-state index in [4.69, 9.17) is 10.5 Å². The SMILES string of the molecule is COC(=O)CC(c1ccc(OC)c(OC(F)F)c1)C(C)N. The van der Waals surface area contributed by atoms with Gasteiger partial charge in [-0.15, -0.1) is 0 Å². The summed E-state index contributed by atoms with van der Waals surface area (Å²) in [7, 11) is 2.63. The fraction of sp³-hybridized carbons (Fsp3) is 0.500. The van der Waals surface area contributed by atoms with E-state index in [1.165, 1.54) is 26.4 Å². The molecule has 0 saturated carbocycles. The molecule has 7 heteroatoms. The maximum atomic E-state index is 12.4. The molecule has 0 heterocycles. The molecule has 118 valence electrons. The monoisotopic (exact) mass is 303 g/mol. The summed E-state index contributed by atoms with van der Waals surface area (Å²) in [5.41, 5.74) is 6.47. The lowest BCUT2D eigenvalue weighted by molar-refractivity contribution is -0.141. The van der Waals surface area contributed by atoms with Crippen molar-refractivity contribution in [2.75, 3.05) is 14.2 Å². The van der Waals surface area contributed by atoms with Crippen LogP contribution in [-0.4, -0.2) is 32.8 Å². The lowest BCUT2D eigenvalue weighted by Gasteiger charge is -2.21. The number of nitrogens with two attached hydrogens (primary N) is 1. The van der Waals surface area contributed by atoms with Crippen molar-refractivity contribution in [2.45, 2.75) is 31.9 Å². The minimum Gasteiger partial charge on any atom is -0.493 e. The summed E-state index contributed by atoms with van der Waals surface area (Å²) in [4.78, 5) is 11.4. The first kappa shape index (κ1) is 17.2. The topological polar surface area (TPSA) is 70.8 Å². The normalized spacial score (nSPS) is 13.7. The van der Waals surface area contributed by atoms with Crippen LogP contribution in [0.5, 0.6) is 11.5 Å². The van der Waals surface area contributed by atoms with Gasteiger partial charge in [-0.1, -0.05) is 6.07 Å². The Hall–Kier alpha value is -1.89. The lowest BCUT2D eigenvalue weighted by atomic mass is 9.89. The number of alkyl halides is 2. The molecule has 0 bridgehead atoms. The molecule has 0 aromatic heterocycles. The van der Waals surface area contributed by atoms with Crippen LogP contribution in [0.3, 0.4) is 0 Å². The van der Waals surface area contributed by atoms with Gasteiger partial charge in [0.25, 0.3) is 0 Å². The molecule has 0 amide bonds. The highest BCUT2D eigenvalue weighted by Crippen LogP contribution is 2.34. The first-order valence-corrected chi connectivity index (χ1v) is 6.34. The van der Waals surface area contributed by atoms with Crippen LogP contribution in [0.4, 0.5) is 8.78 Å². The number of ether oxygens (including phenoxy) is 3. The molecule has 21 heavy (non-hydrogen) atoms. The maximum absolute atomic E-state index is 12.4. The second-order valence-corrected chi connectivity index (χ2v) is 4.53. The van der Waals surface area contributed by atoms with Crippen molar-refractivity contribution in [2.24, 2.45) is 5.73 Å². The zero-order chi connectivity index (χ0) is 16.0. The van der Waals surface area contributed by atoms with Crippen LogP contribution in [0.25, 0.3) is 0 Å². The molecular weight excluding hydrogens is 284 g/mol. The average Bonchev–Trinajstić information content (AvgIpc) is 2.43. The van der Waals surface area contributed by atoms with Crippen LogP contribution in [-0.2, 0) is 9.53 Å². The molecule has 0 aliphatic rings. The summed E-state index contributed by atoms with van der Waals surface area (Å²) < 4.78 is 38.8. The molecule has 5 nitrogen and oxygen atoms in total. The fourth-order valence-electron chi connectivity index (χ4n) is 1.98. The van der Waals surface area contributed by atoms with E-state index in [0.29, 0.717) is 5.56 Å². The van der Waals surface area contributed by atoms with Crippen LogP contribution in [0.15, 0.2) is 18.2 Å². The quantitative estimate of drug-likeness (QED) is 0.783. The maximum Gasteiger partial charge on any atom is 0.387 e. The number of benzene rings is 1. The van der Waals surface area contributed by atoms with Gasteiger partial charge in [-0.25, -0.2) is 0 Å². The number of halogens is 2. The van der Waals surface area contributed by atoms with Gasteiger partial charge in [0.1, 0.15) is 0 Å². The lowest BCUT2D eigenvalue weighted by Crippen LogP contribution is -2.27. The molecule has 2 N–H and O–H groups in total. The van der Waals surface area contributed by atoms with E-state index < -0.39 is 12.6 Å². The largest absolute Gasteiger partial charge is 0.493 e. The number of esters is 1. The Balaban J connectivity index is 3.11. The molecule has 0 aliphatic heterocycles. The van der Waals surface area contributed by atoms with Gasteiger partial charge in [-0.3, -0.25) is 4.79 Å². The van der Waals surface area contributed by atoms with Gasteiger partial charge in [0.05, 0.1) is 20.6 Å². The Morgan fingerprint density at radius 2 is 1.95 bits per heavy atom. The van der Waals surface area contributed by atoms with E-state index in [-0.39, 0.29) is 29.9 Å². The van der Waals surface area contributed by atoms with Crippen molar-refractivity contribution in [3.63, 3.8) is 0 Å². The van der Waals surface area contributed by atoms with E-state index in [9.17, 15) is 13.6 Å². The summed E-state index contributed by atoms with van der Waals surface area (Å²) >= 11 is 0. The van der Waals surface area contributed by atoms with Crippen LogP contribution in [0.1, 0.15) is 24.8 Å². The number of rotatable bonds is 7. The summed E-state index contributed by atoms with van der Waals surface area (Å²) in [5, 5.41) is 0. The van der Waals surface area contributed by atoms with Gasteiger partial charge in [-0.05, 0) is 24.6 Å². The predicted molar refractivity (Wildman–Crippen MR) is 72.6 cm³/mol. The molecule has 1 aromatic rings. The third kappa shape index (κ3) is 4.86. The summed E-state index contributed by atoms with van der Waals surface area (Å²) in [5.74, 6) is -0.714. The highest BCUT2D eigenvalue weighted by molar-refractivity contribution is 5.70. The second-order valence-electron chi connectivity index (χ2n) is 4.53. The van der Waals surface area contributed by atoms with Crippen molar-refractivity contribution < 1.29 is 27.8 Å². The highest BCUT2D eigenvalue weighted by atomic mass is 19.3. The molecule has 1 aromatic carbocycles. The third-order valence-corrected chi connectivity index (χ3v) is 3.08. The fourth-order valence-corrected chi connectivity index (χ4v) is 1.98. The van der Waals surface area contributed by atoms with Gasteiger partial charge in [0.2, 0.25) is 0 Å². The highest BCUT2D eigenvalue weighted by Gasteiger charge is 2.22. The van der Waals surface area contributed by atoms with E-state index in [1.807, 2.05) is 0 Å². The van der Waals surface area contributed by atoms with Crippen molar-refractivity contribution in [3.05, 3.63) is 23.8 Å². The molecule has 0 aliphatic carbocycles. The van der Waals surface area contributed by atoms with E-state index in [1.54, 1.807) is 13.0 Å². The standard InChI is InChI=1S/C14H19F2NO4/c1-8(17)10(7-13(18)20-3)9-4-5-11(19-2)12(6-9)21-14(15)16/h4-6,8,10,14H,7,17H2,1-3H3. The molecule has 2 atom stereocenters. The zero-order valence-corrected chi connectivity index (χ0v) is 12.1. The Morgan fingerprint density at radius 1 is 1.29 bits per heavy atom. The Bertz CT molecular complexity index is 480. The summed E-state index contributed by atoms with van der Waals surface area (Å²) in [6, 6.07) is 4.20. The van der Waals surface area contributed by atoms with Gasteiger partial charge in [-0.2, -0.15) is 8.78 Å². The smallest absolute Gasteiger partial charge is 0.387 e. The average molecular weight is 303 g/mol. The third-order valence-electron chi connectivity index (χ3n) is 3.08. The predicted octanol–water partition coefficient (Wildman–Crippen LogP) is 2.29. The number of carbonyl (C=O) groups excluding carboxylic acids is 1. The van der Waals surface area contributed by atoms with Crippen LogP contribution >= 0.6 is 0 Å². The van der Waals surface area contributed by atoms with Gasteiger partial charge in [0, 0.05) is 12.0 Å². The van der Waals surface area contributed by atoms with Crippen molar-refractivity contribution in [1.82, 2.24) is 0 Å². The van der Waals surface area contributed by atoms with Crippen LogP contribution < -0.4 is 15.2 Å². The molecule has 0 fully saturated rings. The Morgan fingerprint density at radius 3 is 2.43 bits per heavy atom. The van der Waals surface area contributed by atoms with E-state index in [0.717, 1.165) is 0 Å². The van der Waals surface area contributed by atoms with Gasteiger partial charge in [0.15, 0.2) is 11.5 Å². The van der Waals surface area contributed by atoms with Gasteiger partial charge >= 0.3 is 12.6 Å². The van der Waals surface area contributed by atoms with E-state index in [2.05, 4.69) is 9.47 Å². The number of hydrogen-bond acceptors (Lipinski definition) is 5. The Kier molecular flexibility index (Phi) is 6.36. The first-order chi connectivity index (χ1) is 9.88. The molecule has 0 spiro atoms. The second kappa shape index (κ2) is 7.78. The first-order valence-electron chi connectivity index (χ1n) is 6.34. The van der Waals surface area contributed by atoms with Crippen LogP contribution in [0, 0.1) is 0 Å². The van der Waals surface area contributed by atoms with Crippen molar-refractivity contribution in [3.8, 4) is 11.5 Å². The van der Waals surface area contributed by atoms with E-state index >= 15 is 0 Å². The Labute approximate surface area is 122 Å². The van der Waals surface area contributed by atoms with Crippen LogP contribution in [0.2, 0.25) is 0 Å². The molecule has 0 radical (unpaired) electrons. The molecule has 0 saturated heterocycles.